The van der Waals surface area contributed by atoms with Crippen molar-refractivity contribution in [3.8, 4) is 0 Å². The van der Waals surface area contributed by atoms with Crippen LogP contribution in [0.4, 0.5) is 0 Å². The van der Waals surface area contributed by atoms with Gasteiger partial charge in [-0.15, -0.1) is 0 Å². The van der Waals surface area contributed by atoms with Gasteiger partial charge in [-0.2, -0.15) is 0 Å². The van der Waals surface area contributed by atoms with Crippen molar-refractivity contribution in [1.29, 1.82) is 0 Å². The van der Waals surface area contributed by atoms with Gasteiger partial charge in [-0.05, 0) is 40.8 Å². The molecule has 3 rings (SSSR count). The molecule has 0 aliphatic carbocycles. The molecule has 2 aromatic rings. The lowest BCUT2D eigenvalue weighted by Gasteiger charge is -2.09. The quantitative estimate of drug-likeness (QED) is 0.862. The molecule has 0 spiro atoms. The molecular formula is C19H20ClNO. The van der Waals surface area contributed by atoms with Crippen LogP contribution in [0.3, 0.4) is 0 Å². The van der Waals surface area contributed by atoms with Gasteiger partial charge >= 0.3 is 0 Å². The van der Waals surface area contributed by atoms with Crippen molar-refractivity contribution in [1.82, 2.24) is 5.48 Å². The molecule has 0 saturated carbocycles. The number of rotatable bonds is 4. The fourth-order valence-electron chi connectivity index (χ4n) is 2.55. The van der Waals surface area contributed by atoms with Crippen LogP contribution in [0.2, 0.25) is 5.02 Å². The van der Waals surface area contributed by atoms with Crippen LogP contribution in [0, 0.1) is 0 Å². The maximum absolute atomic E-state index is 5.92. The van der Waals surface area contributed by atoms with Crippen molar-refractivity contribution in [2.75, 3.05) is 0 Å². The number of halogens is 1. The van der Waals surface area contributed by atoms with Gasteiger partial charge < -0.3 is 0 Å². The standard InChI is InChI=1S/C19H20ClNO/c1-13(2)15-5-3-14(4-6-15)11-18-12-19(21-22-18)16-7-9-17(20)10-8-16/h3-10,12-13,18,21H,11H2,1-2H3. The first-order valence-corrected chi connectivity index (χ1v) is 7.98. The van der Waals surface area contributed by atoms with Gasteiger partial charge in [0.1, 0.15) is 6.10 Å². The Morgan fingerprint density at radius 3 is 2.36 bits per heavy atom. The Labute approximate surface area is 136 Å². The van der Waals surface area contributed by atoms with E-state index >= 15 is 0 Å². The maximum Gasteiger partial charge on any atom is 0.110 e. The number of benzene rings is 2. The summed E-state index contributed by atoms with van der Waals surface area (Å²) in [5.74, 6) is 0.565. The average molecular weight is 314 g/mol. The Morgan fingerprint density at radius 2 is 1.73 bits per heavy atom. The maximum atomic E-state index is 5.92. The summed E-state index contributed by atoms with van der Waals surface area (Å²) in [7, 11) is 0. The minimum atomic E-state index is 0.0515. The first-order valence-electron chi connectivity index (χ1n) is 7.60. The Hall–Kier alpha value is -1.77. The molecule has 1 heterocycles. The normalized spacial score (nSPS) is 17.5. The molecule has 2 aromatic carbocycles. The predicted molar refractivity (Wildman–Crippen MR) is 91.7 cm³/mol. The van der Waals surface area contributed by atoms with Gasteiger partial charge in [-0.1, -0.05) is 61.8 Å². The van der Waals surface area contributed by atoms with E-state index in [4.69, 9.17) is 16.4 Å². The van der Waals surface area contributed by atoms with Crippen LogP contribution < -0.4 is 5.48 Å². The van der Waals surface area contributed by atoms with Gasteiger partial charge in [-0.25, -0.2) is 0 Å². The first-order chi connectivity index (χ1) is 10.6. The Bertz CT molecular complexity index is 659. The molecule has 0 radical (unpaired) electrons. The molecule has 3 heteroatoms. The lowest BCUT2D eigenvalue weighted by atomic mass is 9.99. The SMILES string of the molecule is CC(C)c1ccc(CC2C=C(c3ccc(Cl)cc3)NO2)cc1. The van der Waals surface area contributed by atoms with E-state index in [1.54, 1.807) is 0 Å². The first kappa shape index (κ1) is 15.1. The van der Waals surface area contributed by atoms with Gasteiger partial charge in [0.25, 0.3) is 0 Å². The zero-order valence-corrected chi connectivity index (χ0v) is 13.6. The minimum Gasteiger partial charge on any atom is -0.268 e. The summed E-state index contributed by atoms with van der Waals surface area (Å²) < 4.78 is 0. The molecule has 22 heavy (non-hydrogen) atoms. The van der Waals surface area contributed by atoms with Crippen LogP contribution >= 0.6 is 11.6 Å². The zero-order chi connectivity index (χ0) is 15.5. The third kappa shape index (κ3) is 3.52. The van der Waals surface area contributed by atoms with Crippen molar-refractivity contribution >= 4 is 17.3 Å². The van der Waals surface area contributed by atoms with Gasteiger partial charge in [0.2, 0.25) is 0 Å². The second kappa shape index (κ2) is 6.55. The van der Waals surface area contributed by atoms with E-state index in [0.717, 1.165) is 22.7 Å². The summed E-state index contributed by atoms with van der Waals surface area (Å²) in [5.41, 5.74) is 7.75. The van der Waals surface area contributed by atoms with E-state index in [9.17, 15) is 0 Å². The van der Waals surface area contributed by atoms with E-state index < -0.39 is 0 Å². The summed E-state index contributed by atoms with van der Waals surface area (Å²) in [5, 5.41) is 0.741. The van der Waals surface area contributed by atoms with Gasteiger partial charge in [0.15, 0.2) is 0 Å². The monoisotopic (exact) mass is 313 g/mol. The highest BCUT2D eigenvalue weighted by atomic mass is 35.5. The Kier molecular flexibility index (Phi) is 4.51. The fourth-order valence-corrected chi connectivity index (χ4v) is 2.68. The second-order valence-corrected chi connectivity index (χ2v) is 6.38. The molecule has 114 valence electrons. The number of nitrogens with one attached hydrogen (secondary N) is 1. The lowest BCUT2D eigenvalue weighted by molar-refractivity contribution is 0.0519. The van der Waals surface area contributed by atoms with Crippen LogP contribution in [0.5, 0.6) is 0 Å². The van der Waals surface area contributed by atoms with Gasteiger partial charge in [-0.3, -0.25) is 10.3 Å². The highest BCUT2D eigenvalue weighted by Gasteiger charge is 2.18. The molecule has 1 N–H and O–H groups in total. The number of hydroxylamine groups is 1. The second-order valence-electron chi connectivity index (χ2n) is 5.95. The summed E-state index contributed by atoms with van der Waals surface area (Å²) in [6.45, 7) is 4.42. The highest BCUT2D eigenvalue weighted by Crippen LogP contribution is 2.23. The molecule has 0 saturated heterocycles. The highest BCUT2D eigenvalue weighted by molar-refractivity contribution is 6.30. The van der Waals surface area contributed by atoms with Crippen LogP contribution in [-0.4, -0.2) is 6.10 Å². The topological polar surface area (TPSA) is 21.3 Å². The average Bonchev–Trinajstić information content (AvgIpc) is 2.97. The molecule has 2 nitrogen and oxygen atoms in total. The largest absolute Gasteiger partial charge is 0.268 e. The van der Waals surface area contributed by atoms with Crippen molar-refractivity contribution < 1.29 is 4.84 Å². The summed E-state index contributed by atoms with van der Waals surface area (Å²) >= 11 is 5.92. The van der Waals surface area contributed by atoms with Crippen molar-refractivity contribution in [3.05, 3.63) is 76.3 Å². The van der Waals surface area contributed by atoms with Gasteiger partial charge in [0, 0.05) is 11.4 Å². The van der Waals surface area contributed by atoms with Crippen molar-refractivity contribution in [2.45, 2.75) is 32.3 Å². The van der Waals surface area contributed by atoms with Crippen molar-refractivity contribution in [3.63, 3.8) is 0 Å². The molecule has 0 fully saturated rings. The third-order valence-corrected chi connectivity index (χ3v) is 4.16. The Morgan fingerprint density at radius 1 is 1.05 bits per heavy atom. The van der Waals surface area contributed by atoms with Crippen LogP contribution in [0.25, 0.3) is 5.70 Å². The van der Waals surface area contributed by atoms with Gasteiger partial charge in [0.05, 0.1) is 5.70 Å². The summed E-state index contributed by atoms with van der Waals surface area (Å²) in [6.07, 6.45) is 3.04. The smallest absolute Gasteiger partial charge is 0.110 e. The summed E-state index contributed by atoms with van der Waals surface area (Å²) in [4.78, 5) is 5.66. The van der Waals surface area contributed by atoms with E-state index in [2.05, 4.69) is 49.7 Å². The lowest BCUT2D eigenvalue weighted by Crippen LogP contribution is -2.14. The number of hydrogen-bond donors (Lipinski definition) is 1. The fraction of sp³-hybridized carbons (Fsp3) is 0.263. The summed E-state index contributed by atoms with van der Waals surface area (Å²) in [6, 6.07) is 16.5. The van der Waals surface area contributed by atoms with Crippen LogP contribution in [-0.2, 0) is 11.3 Å². The molecule has 1 atom stereocenters. The van der Waals surface area contributed by atoms with E-state index in [1.165, 1.54) is 11.1 Å². The third-order valence-electron chi connectivity index (χ3n) is 3.91. The zero-order valence-electron chi connectivity index (χ0n) is 12.8. The molecule has 1 unspecified atom stereocenters. The van der Waals surface area contributed by atoms with E-state index in [1.807, 2.05) is 24.3 Å². The molecule has 0 amide bonds. The molecular weight excluding hydrogens is 294 g/mol. The van der Waals surface area contributed by atoms with E-state index in [0.29, 0.717) is 5.92 Å². The molecule has 0 bridgehead atoms. The molecule has 1 aliphatic rings. The minimum absolute atomic E-state index is 0.0515. The van der Waals surface area contributed by atoms with E-state index in [-0.39, 0.29) is 6.10 Å². The Balaban J connectivity index is 1.68. The predicted octanol–water partition coefficient (Wildman–Crippen LogP) is 4.95. The number of hydrogen-bond acceptors (Lipinski definition) is 2. The van der Waals surface area contributed by atoms with Crippen LogP contribution in [0.15, 0.2) is 54.6 Å². The van der Waals surface area contributed by atoms with Crippen molar-refractivity contribution in [2.24, 2.45) is 0 Å². The van der Waals surface area contributed by atoms with Crippen LogP contribution in [0.1, 0.15) is 36.5 Å². The molecule has 1 aliphatic heterocycles. The molecule has 0 aromatic heterocycles.